The number of hydrogen-bond donors (Lipinski definition) is 1. The van der Waals surface area contributed by atoms with E-state index in [4.69, 9.17) is 4.74 Å². The van der Waals surface area contributed by atoms with Gasteiger partial charge in [0.2, 0.25) is 0 Å². The van der Waals surface area contributed by atoms with Crippen molar-refractivity contribution in [2.45, 2.75) is 57.7 Å². The second kappa shape index (κ2) is 4.74. The van der Waals surface area contributed by atoms with E-state index in [9.17, 15) is 5.11 Å². The van der Waals surface area contributed by atoms with Crippen molar-refractivity contribution in [1.82, 2.24) is 4.90 Å². The van der Waals surface area contributed by atoms with E-state index in [1.54, 1.807) is 7.11 Å². The minimum Gasteiger partial charge on any atom is -0.496 e. The number of likely N-dealkylation sites (tertiary alicyclic amines) is 1. The SMILES string of the molecule is COc1cc(C)cc(C)c1C1(O)CC(C)N(C2CC2)C1. The Labute approximate surface area is 121 Å². The van der Waals surface area contributed by atoms with E-state index in [0.717, 1.165) is 29.8 Å². The first kappa shape index (κ1) is 13.9. The van der Waals surface area contributed by atoms with Crippen LogP contribution in [0.3, 0.4) is 0 Å². The maximum atomic E-state index is 11.2. The van der Waals surface area contributed by atoms with Gasteiger partial charge < -0.3 is 9.84 Å². The molecule has 0 spiro atoms. The molecule has 3 nitrogen and oxygen atoms in total. The van der Waals surface area contributed by atoms with Crippen LogP contribution in [0.4, 0.5) is 0 Å². The van der Waals surface area contributed by atoms with Gasteiger partial charge in [-0.05, 0) is 57.2 Å². The molecule has 1 aliphatic heterocycles. The Morgan fingerprint density at radius 2 is 2.00 bits per heavy atom. The van der Waals surface area contributed by atoms with Gasteiger partial charge in [-0.25, -0.2) is 0 Å². The van der Waals surface area contributed by atoms with Crippen molar-refractivity contribution in [2.75, 3.05) is 13.7 Å². The Balaban J connectivity index is 1.99. The van der Waals surface area contributed by atoms with Crippen LogP contribution < -0.4 is 4.74 Å². The molecule has 2 aliphatic rings. The molecule has 1 saturated carbocycles. The standard InChI is InChI=1S/C17H25NO2/c1-11-7-12(2)16(15(8-11)20-4)17(19)9-13(3)18(10-17)14-5-6-14/h7-8,13-14,19H,5-6,9-10H2,1-4H3. The zero-order valence-electron chi connectivity index (χ0n) is 12.9. The summed E-state index contributed by atoms with van der Waals surface area (Å²) in [5, 5.41) is 11.2. The normalized spacial score (nSPS) is 30.8. The number of β-amino-alcohol motifs (C(OH)–C–C–N with tert-alkyl or cyclic N) is 1. The lowest BCUT2D eigenvalue weighted by Gasteiger charge is -2.28. The Hall–Kier alpha value is -1.06. The molecule has 1 N–H and O–H groups in total. The molecule has 2 unspecified atom stereocenters. The third kappa shape index (κ3) is 2.23. The Bertz CT molecular complexity index is 524. The molecule has 20 heavy (non-hydrogen) atoms. The first-order chi connectivity index (χ1) is 9.44. The van der Waals surface area contributed by atoms with Gasteiger partial charge in [-0.3, -0.25) is 4.90 Å². The summed E-state index contributed by atoms with van der Waals surface area (Å²) in [6, 6.07) is 5.30. The summed E-state index contributed by atoms with van der Waals surface area (Å²) >= 11 is 0. The first-order valence-electron chi connectivity index (χ1n) is 7.58. The number of ether oxygens (including phenoxy) is 1. The summed E-state index contributed by atoms with van der Waals surface area (Å²) in [6.45, 7) is 7.11. The highest BCUT2D eigenvalue weighted by Gasteiger charge is 2.48. The molecule has 1 aromatic carbocycles. The van der Waals surface area contributed by atoms with Crippen molar-refractivity contribution in [3.05, 3.63) is 28.8 Å². The molecule has 0 amide bonds. The van der Waals surface area contributed by atoms with E-state index >= 15 is 0 Å². The van der Waals surface area contributed by atoms with Crippen molar-refractivity contribution < 1.29 is 9.84 Å². The monoisotopic (exact) mass is 275 g/mol. The number of hydrogen-bond acceptors (Lipinski definition) is 3. The fraction of sp³-hybridized carbons (Fsp3) is 0.647. The fourth-order valence-electron chi connectivity index (χ4n) is 3.89. The molecule has 2 fully saturated rings. The smallest absolute Gasteiger partial charge is 0.125 e. The van der Waals surface area contributed by atoms with E-state index in [-0.39, 0.29) is 0 Å². The van der Waals surface area contributed by atoms with Gasteiger partial charge in [0, 0.05) is 24.2 Å². The van der Waals surface area contributed by atoms with E-state index < -0.39 is 5.60 Å². The Morgan fingerprint density at radius 1 is 1.30 bits per heavy atom. The molecule has 1 aromatic rings. The summed E-state index contributed by atoms with van der Waals surface area (Å²) < 4.78 is 5.55. The lowest BCUT2D eigenvalue weighted by molar-refractivity contribution is 0.0421. The third-order valence-corrected chi connectivity index (χ3v) is 4.79. The lowest BCUT2D eigenvalue weighted by Crippen LogP contribution is -2.34. The third-order valence-electron chi connectivity index (χ3n) is 4.79. The minimum atomic E-state index is -0.773. The van der Waals surface area contributed by atoms with Crippen LogP contribution in [0.2, 0.25) is 0 Å². The summed E-state index contributed by atoms with van der Waals surface area (Å²) in [7, 11) is 1.69. The highest BCUT2D eigenvalue weighted by atomic mass is 16.5. The highest BCUT2D eigenvalue weighted by Crippen LogP contribution is 2.45. The summed E-state index contributed by atoms with van der Waals surface area (Å²) in [6.07, 6.45) is 3.36. The van der Waals surface area contributed by atoms with E-state index in [1.165, 1.54) is 18.4 Å². The highest BCUT2D eigenvalue weighted by molar-refractivity contribution is 5.47. The molecule has 1 saturated heterocycles. The number of aryl methyl sites for hydroxylation is 2. The van der Waals surface area contributed by atoms with Gasteiger partial charge in [-0.2, -0.15) is 0 Å². The Kier molecular flexibility index (Phi) is 3.30. The number of nitrogens with zero attached hydrogens (tertiary/aromatic N) is 1. The van der Waals surface area contributed by atoms with Crippen molar-refractivity contribution in [3.63, 3.8) is 0 Å². The number of aliphatic hydroxyl groups is 1. The molecular formula is C17H25NO2. The predicted molar refractivity (Wildman–Crippen MR) is 80.2 cm³/mol. The zero-order valence-corrected chi connectivity index (χ0v) is 12.9. The zero-order chi connectivity index (χ0) is 14.5. The van der Waals surface area contributed by atoms with Gasteiger partial charge in [0.15, 0.2) is 0 Å². The molecule has 2 atom stereocenters. The number of methoxy groups -OCH3 is 1. The van der Waals surface area contributed by atoms with Gasteiger partial charge in [0.25, 0.3) is 0 Å². The lowest BCUT2D eigenvalue weighted by atomic mass is 9.86. The number of benzene rings is 1. The van der Waals surface area contributed by atoms with Crippen LogP contribution in [0.25, 0.3) is 0 Å². The number of rotatable bonds is 3. The molecule has 0 radical (unpaired) electrons. The summed E-state index contributed by atoms with van der Waals surface area (Å²) in [5.74, 6) is 0.829. The fourth-order valence-corrected chi connectivity index (χ4v) is 3.89. The van der Waals surface area contributed by atoms with Crippen LogP contribution in [0.15, 0.2) is 12.1 Å². The quantitative estimate of drug-likeness (QED) is 0.920. The second-order valence-corrected chi connectivity index (χ2v) is 6.65. The van der Waals surface area contributed by atoms with E-state index in [1.807, 2.05) is 6.07 Å². The van der Waals surface area contributed by atoms with Crippen molar-refractivity contribution in [3.8, 4) is 5.75 Å². The van der Waals surface area contributed by atoms with E-state index in [0.29, 0.717) is 12.1 Å². The van der Waals surface area contributed by atoms with E-state index in [2.05, 4.69) is 31.7 Å². The molecule has 3 rings (SSSR count). The van der Waals surface area contributed by atoms with Gasteiger partial charge in [0.1, 0.15) is 11.4 Å². The summed E-state index contributed by atoms with van der Waals surface area (Å²) in [4.78, 5) is 2.47. The van der Waals surface area contributed by atoms with Gasteiger partial charge in [0.05, 0.1) is 7.11 Å². The molecule has 0 bridgehead atoms. The van der Waals surface area contributed by atoms with Gasteiger partial charge >= 0.3 is 0 Å². The molecule has 1 heterocycles. The van der Waals surface area contributed by atoms with Crippen LogP contribution in [0.1, 0.15) is 42.9 Å². The molecule has 1 aliphatic carbocycles. The van der Waals surface area contributed by atoms with Crippen molar-refractivity contribution in [2.24, 2.45) is 0 Å². The van der Waals surface area contributed by atoms with Crippen LogP contribution in [0.5, 0.6) is 5.75 Å². The first-order valence-corrected chi connectivity index (χ1v) is 7.58. The topological polar surface area (TPSA) is 32.7 Å². The van der Waals surface area contributed by atoms with Crippen LogP contribution in [-0.4, -0.2) is 35.7 Å². The maximum absolute atomic E-state index is 11.2. The van der Waals surface area contributed by atoms with Crippen LogP contribution in [-0.2, 0) is 5.60 Å². The second-order valence-electron chi connectivity index (χ2n) is 6.65. The van der Waals surface area contributed by atoms with Gasteiger partial charge in [-0.15, -0.1) is 0 Å². The largest absolute Gasteiger partial charge is 0.496 e. The minimum absolute atomic E-state index is 0.443. The average Bonchev–Trinajstić information content (AvgIpc) is 3.14. The summed E-state index contributed by atoms with van der Waals surface area (Å²) in [5.41, 5.74) is 2.53. The van der Waals surface area contributed by atoms with Crippen molar-refractivity contribution in [1.29, 1.82) is 0 Å². The average molecular weight is 275 g/mol. The molecule has 3 heteroatoms. The van der Waals surface area contributed by atoms with Crippen LogP contribution >= 0.6 is 0 Å². The molecule has 0 aromatic heterocycles. The van der Waals surface area contributed by atoms with Gasteiger partial charge in [-0.1, -0.05) is 6.07 Å². The Morgan fingerprint density at radius 3 is 2.60 bits per heavy atom. The van der Waals surface area contributed by atoms with Crippen molar-refractivity contribution >= 4 is 0 Å². The maximum Gasteiger partial charge on any atom is 0.125 e. The predicted octanol–water partition coefficient (Wildman–Crippen LogP) is 2.76. The van der Waals surface area contributed by atoms with Crippen LogP contribution in [0, 0.1) is 13.8 Å². The molecule has 110 valence electrons. The molecular weight excluding hydrogens is 250 g/mol.